The summed E-state index contributed by atoms with van der Waals surface area (Å²) < 4.78 is 13.1. The van der Waals surface area contributed by atoms with Gasteiger partial charge < -0.3 is 5.32 Å². The number of hydrogen-bond donors (Lipinski definition) is 1. The Kier molecular flexibility index (Phi) is 3.90. The third kappa shape index (κ3) is 2.84. The maximum atomic E-state index is 13.1. The number of aryl methyl sites for hydroxylation is 1. The van der Waals surface area contributed by atoms with E-state index in [1.807, 2.05) is 12.3 Å². The van der Waals surface area contributed by atoms with Crippen LogP contribution in [0.2, 0.25) is 0 Å². The van der Waals surface area contributed by atoms with E-state index in [2.05, 4.69) is 17.2 Å². The van der Waals surface area contributed by atoms with Gasteiger partial charge in [-0.25, -0.2) is 9.37 Å². The smallest absolute Gasteiger partial charge is 0.141 e. The highest BCUT2D eigenvalue weighted by Gasteiger charge is 2.04. The van der Waals surface area contributed by atoms with Crippen molar-refractivity contribution < 1.29 is 4.39 Å². The number of halogens is 1. The van der Waals surface area contributed by atoms with Gasteiger partial charge in [0.2, 0.25) is 0 Å². The maximum absolute atomic E-state index is 13.1. The lowest BCUT2D eigenvalue weighted by Gasteiger charge is -2.04. The van der Waals surface area contributed by atoms with Crippen molar-refractivity contribution in [3.05, 3.63) is 45.7 Å². The van der Waals surface area contributed by atoms with Crippen LogP contribution >= 0.6 is 11.3 Å². The normalized spacial score (nSPS) is 10.1. The Bertz CT molecular complexity index is 586. The van der Waals surface area contributed by atoms with Crippen molar-refractivity contribution in [3.8, 4) is 6.07 Å². The van der Waals surface area contributed by atoms with Crippen LogP contribution in [0.3, 0.4) is 0 Å². The number of thiazole rings is 1. The summed E-state index contributed by atoms with van der Waals surface area (Å²) in [6.45, 7) is 2.70. The molecule has 18 heavy (non-hydrogen) atoms. The molecular formula is C13H12FN3S. The number of nitrogens with one attached hydrogen (secondary N) is 1. The van der Waals surface area contributed by atoms with Crippen molar-refractivity contribution in [2.45, 2.75) is 19.9 Å². The minimum Gasteiger partial charge on any atom is -0.380 e. The van der Waals surface area contributed by atoms with Gasteiger partial charge in [-0.1, -0.05) is 6.92 Å². The average Bonchev–Trinajstić information content (AvgIpc) is 2.86. The van der Waals surface area contributed by atoms with E-state index in [0.717, 1.165) is 22.0 Å². The molecule has 1 aromatic heterocycles. The Labute approximate surface area is 109 Å². The highest BCUT2D eigenvalue weighted by molar-refractivity contribution is 7.11. The zero-order valence-electron chi connectivity index (χ0n) is 9.90. The van der Waals surface area contributed by atoms with E-state index in [1.54, 1.807) is 17.4 Å². The summed E-state index contributed by atoms with van der Waals surface area (Å²) in [6.07, 6.45) is 2.77. The number of benzene rings is 1. The van der Waals surface area contributed by atoms with Gasteiger partial charge in [-0.2, -0.15) is 5.26 Å². The van der Waals surface area contributed by atoms with Crippen LogP contribution in [0.4, 0.5) is 10.1 Å². The molecule has 1 heterocycles. The first-order chi connectivity index (χ1) is 8.72. The lowest BCUT2D eigenvalue weighted by atomic mass is 10.2. The predicted octanol–water partition coefficient (Wildman–Crippen LogP) is 3.33. The monoisotopic (exact) mass is 261 g/mol. The molecule has 1 aromatic carbocycles. The molecule has 0 amide bonds. The minimum absolute atomic E-state index is 0.0542. The third-order valence-electron chi connectivity index (χ3n) is 2.46. The Hall–Kier alpha value is -1.93. The first kappa shape index (κ1) is 12.5. The fourth-order valence-electron chi connectivity index (χ4n) is 1.50. The third-order valence-corrected chi connectivity index (χ3v) is 3.60. The lowest BCUT2D eigenvalue weighted by molar-refractivity contribution is 0.624. The summed E-state index contributed by atoms with van der Waals surface area (Å²) in [5, 5.41) is 13.0. The zero-order chi connectivity index (χ0) is 13.0. The van der Waals surface area contributed by atoms with E-state index in [-0.39, 0.29) is 5.56 Å². The van der Waals surface area contributed by atoms with Crippen molar-refractivity contribution in [1.29, 1.82) is 5.26 Å². The Morgan fingerprint density at radius 3 is 3.00 bits per heavy atom. The summed E-state index contributed by atoms with van der Waals surface area (Å²) in [5.74, 6) is -0.492. The summed E-state index contributed by atoms with van der Waals surface area (Å²) in [5.41, 5.74) is 0.790. The molecule has 0 bridgehead atoms. The highest BCUT2D eigenvalue weighted by atomic mass is 32.1. The van der Waals surface area contributed by atoms with Crippen molar-refractivity contribution in [3.63, 3.8) is 0 Å². The molecule has 0 saturated carbocycles. The first-order valence-corrected chi connectivity index (χ1v) is 6.41. The van der Waals surface area contributed by atoms with E-state index < -0.39 is 5.82 Å². The van der Waals surface area contributed by atoms with Crippen LogP contribution in [0.5, 0.6) is 0 Å². The second kappa shape index (κ2) is 5.61. The van der Waals surface area contributed by atoms with Gasteiger partial charge in [-0.15, -0.1) is 11.3 Å². The van der Waals surface area contributed by atoms with Gasteiger partial charge in [0.15, 0.2) is 0 Å². The molecule has 0 aliphatic carbocycles. The lowest BCUT2D eigenvalue weighted by Crippen LogP contribution is -1.98. The van der Waals surface area contributed by atoms with Crippen LogP contribution in [0.25, 0.3) is 0 Å². The molecule has 2 rings (SSSR count). The highest BCUT2D eigenvalue weighted by Crippen LogP contribution is 2.17. The van der Waals surface area contributed by atoms with Crippen molar-refractivity contribution >= 4 is 17.0 Å². The maximum Gasteiger partial charge on any atom is 0.141 e. The SMILES string of the molecule is CCc1ncc(CNc2ccc(F)c(C#N)c2)s1. The molecule has 0 unspecified atom stereocenters. The molecule has 2 aromatic rings. The van der Waals surface area contributed by atoms with Crippen molar-refractivity contribution in [2.24, 2.45) is 0 Å². The van der Waals surface area contributed by atoms with Crippen LogP contribution in [-0.4, -0.2) is 4.98 Å². The van der Waals surface area contributed by atoms with E-state index in [0.29, 0.717) is 6.54 Å². The van der Waals surface area contributed by atoms with Gasteiger partial charge in [-0.3, -0.25) is 0 Å². The van der Waals surface area contributed by atoms with E-state index in [9.17, 15) is 4.39 Å². The van der Waals surface area contributed by atoms with Crippen molar-refractivity contribution in [1.82, 2.24) is 4.98 Å². The van der Waals surface area contributed by atoms with Gasteiger partial charge in [0, 0.05) is 16.8 Å². The predicted molar refractivity (Wildman–Crippen MR) is 69.9 cm³/mol. The van der Waals surface area contributed by atoms with E-state index in [4.69, 9.17) is 5.26 Å². The van der Waals surface area contributed by atoms with Gasteiger partial charge in [0.1, 0.15) is 11.9 Å². The summed E-state index contributed by atoms with van der Waals surface area (Å²) in [7, 11) is 0. The first-order valence-electron chi connectivity index (χ1n) is 5.60. The topological polar surface area (TPSA) is 48.7 Å². The Morgan fingerprint density at radius 1 is 1.50 bits per heavy atom. The molecule has 0 spiro atoms. The molecule has 92 valence electrons. The molecule has 0 atom stereocenters. The van der Waals surface area contributed by atoms with Crippen molar-refractivity contribution in [2.75, 3.05) is 5.32 Å². The molecular weight excluding hydrogens is 249 g/mol. The largest absolute Gasteiger partial charge is 0.380 e. The second-order valence-electron chi connectivity index (χ2n) is 3.73. The number of rotatable bonds is 4. The summed E-state index contributed by atoms with van der Waals surface area (Å²) in [4.78, 5) is 5.38. The van der Waals surface area contributed by atoms with Gasteiger partial charge in [0.25, 0.3) is 0 Å². The van der Waals surface area contributed by atoms with Crippen LogP contribution in [0.1, 0.15) is 22.4 Å². The minimum atomic E-state index is -0.492. The number of hydrogen-bond acceptors (Lipinski definition) is 4. The van der Waals surface area contributed by atoms with Crippen LogP contribution in [0.15, 0.2) is 24.4 Å². The number of nitrogens with zero attached hydrogens (tertiary/aromatic N) is 2. The number of anilines is 1. The van der Waals surface area contributed by atoms with Gasteiger partial charge in [-0.05, 0) is 24.6 Å². The zero-order valence-corrected chi connectivity index (χ0v) is 10.7. The van der Waals surface area contributed by atoms with Crippen LogP contribution in [-0.2, 0) is 13.0 Å². The number of nitriles is 1. The number of aromatic nitrogens is 1. The molecule has 5 heteroatoms. The van der Waals surface area contributed by atoms with E-state index >= 15 is 0 Å². The quantitative estimate of drug-likeness (QED) is 0.918. The second-order valence-corrected chi connectivity index (χ2v) is 4.93. The van der Waals surface area contributed by atoms with Gasteiger partial charge in [0.05, 0.1) is 17.1 Å². The summed E-state index contributed by atoms with van der Waals surface area (Å²) in [6, 6.07) is 6.25. The molecule has 1 N–H and O–H groups in total. The van der Waals surface area contributed by atoms with Crippen LogP contribution in [0, 0.1) is 17.1 Å². The standard InChI is InChI=1S/C13H12FN3S/c1-2-13-17-8-11(18-13)7-16-10-3-4-12(14)9(5-10)6-15/h3-5,8,16H,2,7H2,1H3. The van der Waals surface area contributed by atoms with Crippen LogP contribution < -0.4 is 5.32 Å². The molecule has 0 fully saturated rings. The molecule has 0 aliphatic heterocycles. The molecule has 3 nitrogen and oxygen atoms in total. The Morgan fingerprint density at radius 2 is 2.33 bits per heavy atom. The van der Waals surface area contributed by atoms with E-state index in [1.165, 1.54) is 12.1 Å². The molecule has 0 radical (unpaired) electrons. The fraction of sp³-hybridized carbons (Fsp3) is 0.231. The molecule has 0 saturated heterocycles. The molecule has 0 aliphatic rings. The fourth-order valence-corrected chi connectivity index (χ4v) is 2.31. The average molecular weight is 261 g/mol. The van der Waals surface area contributed by atoms with Gasteiger partial charge >= 0.3 is 0 Å². The summed E-state index contributed by atoms with van der Waals surface area (Å²) >= 11 is 1.65. The Balaban J connectivity index is 2.04.